The van der Waals surface area contributed by atoms with Gasteiger partial charge in [-0.1, -0.05) is 30.0 Å². The molecule has 0 radical (unpaired) electrons. The van der Waals surface area contributed by atoms with Crippen molar-refractivity contribution in [1.82, 2.24) is 14.5 Å². The first-order chi connectivity index (χ1) is 11.4. The van der Waals surface area contributed by atoms with E-state index in [1.54, 1.807) is 24.3 Å². The highest BCUT2D eigenvalue weighted by Crippen LogP contribution is 2.25. The molecule has 0 atom stereocenters. The summed E-state index contributed by atoms with van der Waals surface area (Å²) in [6.45, 7) is 0. The maximum Gasteiger partial charge on any atom is 0.449 e. The van der Waals surface area contributed by atoms with Gasteiger partial charge in [-0.3, -0.25) is 15.4 Å². The molecule has 0 aliphatic heterocycles. The molecule has 122 valence electrons. The Kier molecular flexibility index (Phi) is 4.10. The zero-order valence-electron chi connectivity index (χ0n) is 12.0. The molecule has 2 heterocycles. The lowest BCUT2D eigenvalue weighted by Crippen LogP contribution is -2.38. The van der Waals surface area contributed by atoms with E-state index in [-0.39, 0.29) is 16.2 Å². The molecule has 0 bridgehead atoms. The highest BCUT2D eigenvalue weighted by Gasteiger charge is 2.37. The van der Waals surface area contributed by atoms with Crippen LogP contribution in [0.2, 0.25) is 0 Å². The zero-order chi connectivity index (χ0) is 17.3. The van der Waals surface area contributed by atoms with Crippen molar-refractivity contribution < 1.29 is 13.2 Å². The number of rotatable bonds is 2. The van der Waals surface area contributed by atoms with Gasteiger partial charge in [0.2, 0.25) is 5.84 Å². The Hall–Kier alpha value is -2.68. The summed E-state index contributed by atoms with van der Waals surface area (Å²) in [7, 11) is 0. The standard InChI is InChI=1S/C15H10F3N5S/c16-15(17,18)14(20)23-11(19)13(24-9-5-2-1-3-6-9)22-10-7-4-8-21-12(10)23/h1-8,19-20H. The van der Waals surface area contributed by atoms with Gasteiger partial charge < -0.3 is 0 Å². The average Bonchev–Trinajstić information content (AvgIpc) is 2.55. The van der Waals surface area contributed by atoms with E-state index in [0.29, 0.717) is 4.57 Å². The van der Waals surface area contributed by atoms with Crippen LogP contribution in [-0.4, -0.2) is 26.5 Å². The SMILES string of the molecule is N=C(n1c(=N)c(Sc2ccccc2)nc2cccnc21)C(F)(F)F. The largest absolute Gasteiger partial charge is 0.449 e. The van der Waals surface area contributed by atoms with Crippen LogP contribution < -0.4 is 5.49 Å². The van der Waals surface area contributed by atoms with Crippen molar-refractivity contribution in [2.75, 3.05) is 0 Å². The van der Waals surface area contributed by atoms with Crippen molar-refractivity contribution in [1.29, 1.82) is 10.8 Å². The number of benzene rings is 1. The number of nitrogens with one attached hydrogen (secondary N) is 2. The second kappa shape index (κ2) is 6.08. The highest BCUT2D eigenvalue weighted by molar-refractivity contribution is 7.99. The number of nitrogens with zero attached hydrogens (tertiary/aromatic N) is 3. The van der Waals surface area contributed by atoms with Gasteiger partial charge in [0, 0.05) is 11.1 Å². The first-order valence-corrected chi connectivity index (χ1v) is 7.51. The Morgan fingerprint density at radius 3 is 2.46 bits per heavy atom. The molecule has 0 unspecified atom stereocenters. The Morgan fingerprint density at radius 1 is 1.08 bits per heavy atom. The van der Waals surface area contributed by atoms with Gasteiger partial charge in [0.15, 0.2) is 11.1 Å². The number of hydrogen-bond acceptors (Lipinski definition) is 5. The summed E-state index contributed by atoms with van der Waals surface area (Å²) in [5.41, 5.74) is -0.527. The zero-order valence-corrected chi connectivity index (χ0v) is 12.8. The van der Waals surface area contributed by atoms with E-state index in [9.17, 15) is 13.2 Å². The third-order valence-electron chi connectivity index (χ3n) is 3.08. The number of fused-ring (bicyclic) bond motifs is 1. The monoisotopic (exact) mass is 349 g/mol. The average molecular weight is 349 g/mol. The van der Waals surface area contributed by atoms with Crippen LogP contribution in [-0.2, 0) is 0 Å². The Morgan fingerprint density at radius 2 is 1.79 bits per heavy atom. The van der Waals surface area contributed by atoms with Crippen LogP contribution in [0.3, 0.4) is 0 Å². The lowest BCUT2D eigenvalue weighted by molar-refractivity contribution is -0.0624. The molecular weight excluding hydrogens is 339 g/mol. The molecule has 0 amide bonds. The number of halogens is 3. The fraction of sp³-hybridized carbons (Fsp3) is 0.0667. The summed E-state index contributed by atoms with van der Waals surface area (Å²) in [5, 5.41) is 15.6. The van der Waals surface area contributed by atoms with Crippen molar-refractivity contribution in [3.8, 4) is 0 Å². The summed E-state index contributed by atoms with van der Waals surface area (Å²) in [6, 6.07) is 11.9. The summed E-state index contributed by atoms with van der Waals surface area (Å²) < 4.78 is 39.5. The molecule has 0 aliphatic rings. The van der Waals surface area contributed by atoms with E-state index < -0.39 is 17.5 Å². The molecule has 0 fully saturated rings. The minimum atomic E-state index is -4.90. The minimum absolute atomic E-state index is 0.0655. The van der Waals surface area contributed by atoms with Gasteiger partial charge in [-0.25, -0.2) is 9.97 Å². The van der Waals surface area contributed by atoms with Gasteiger partial charge in [-0.2, -0.15) is 13.2 Å². The van der Waals surface area contributed by atoms with Gasteiger partial charge >= 0.3 is 6.18 Å². The van der Waals surface area contributed by atoms with Crippen LogP contribution in [0.5, 0.6) is 0 Å². The smallest absolute Gasteiger partial charge is 0.282 e. The molecule has 5 nitrogen and oxygen atoms in total. The predicted molar refractivity (Wildman–Crippen MR) is 83.1 cm³/mol. The second-order valence-corrected chi connectivity index (χ2v) is 5.77. The minimum Gasteiger partial charge on any atom is -0.282 e. The molecule has 2 aromatic heterocycles. The molecule has 9 heteroatoms. The molecule has 3 rings (SSSR count). The van der Waals surface area contributed by atoms with Crippen LogP contribution in [0.1, 0.15) is 0 Å². The normalized spacial score (nSPS) is 11.6. The van der Waals surface area contributed by atoms with Crippen LogP contribution in [0.15, 0.2) is 58.6 Å². The van der Waals surface area contributed by atoms with E-state index in [0.717, 1.165) is 16.7 Å². The Balaban J connectivity index is 2.24. The van der Waals surface area contributed by atoms with Gasteiger partial charge in [-0.05, 0) is 24.3 Å². The molecule has 3 aromatic rings. The third kappa shape index (κ3) is 3.02. The number of aromatic nitrogens is 3. The predicted octanol–water partition coefficient (Wildman–Crippen LogP) is 3.45. The molecule has 2 N–H and O–H groups in total. The molecule has 0 spiro atoms. The van der Waals surface area contributed by atoms with Crippen LogP contribution in [0.4, 0.5) is 13.2 Å². The van der Waals surface area contributed by atoms with Crippen LogP contribution in [0.25, 0.3) is 11.2 Å². The van der Waals surface area contributed by atoms with Crippen LogP contribution in [0, 0.1) is 10.8 Å². The second-order valence-electron chi connectivity index (χ2n) is 4.71. The fourth-order valence-corrected chi connectivity index (χ4v) is 2.88. The molecule has 1 aromatic carbocycles. The first kappa shape index (κ1) is 16.2. The van der Waals surface area contributed by atoms with Gasteiger partial charge in [0.05, 0.1) is 0 Å². The van der Waals surface area contributed by atoms with Crippen LogP contribution >= 0.6 is 11.8 Å². The maximum atomic E-state index is 13.0. The molecule has 0 saturated heterocycles. The number of hydrogen-bond donors (Lipinski definition) is 2. The topological polar surface area (TPSA) is 78.4 Å². The summed E-state index contributed by atoms with van der Waals surface area (Å²) in [6.07, 6.45) is -3.60. The molecule has 24 heavy (non-hydrogen) atoms. The van der Waals surface area contributed by atoms with E-state index in [2.05, 4.69) is 9.97 Å². The number of pyridine rings is 1. The van der Waals surface area contributed by atoms with Gasteiger partial charge in [0.25, 0.3) is 0 Å². The van der Waals surface area contributed by atoms with Crippen molar-refractivity contribution in [3.63, 3.8) is 0 Å². The first-order valence-electron chi connectivity index (χ1n) is 6.69. The fourth-order valence-electron chi connectivity index (χ4n) is 2.03. The Bertz CT molecular complexity index is 966. The lowest BCUT2D eigenvalue weighted by atomic mass is 10.4. The molecule has 0 saturated carbocycles. The summed E-state index contributed by atoms with van der Waals surface area (Å²) in [5.74, 6) is -1.67. The number of alkyl halides is 3. The van der Waals surface area contributed by atoms with E-state index in [1.807, 2.05) is 6.07 Å². The van der Waals surface area contributed by atoms with Gasteiger partial charge in [0.1, 0.15) is 10.5 Å². The maximum absolute atomic E-state index is 13.0. The lowest BCUT2D eigenvalue weighted by Gasteiger charge is -2.15. The summed E-state index contributed by atoms with van der Waals surface area (Å²) in [4.78, 5) is 8.81. The van der Waals surface area contributed by atoms with Crippen molar-refractivity contribution in [2.24, 2.45) is 0 Å². The molecular formula is C15H10F3N5S. The van der Waals surface area contributed by atoms with E-state index >= 15 is 0 Å². The third-order valence-corrected chi connectivity index (χ3v) is 4.06. The summed E-state index contributed by atoms with van der Waals surface area (Å²) >= 11 is 1.06. The Labute approximate surface area is 138 Å². The van der Waals surface area contributed by atoms with Gasteiger partial charge in [-0.15, -0.1) is 0 Å². The molecule has 0 aliphatic carbocycles. The van der Waals surface area contributed by atoms with E-state index in [1.165, 1.54) is 18.3 Å². The van der Waals surface area contributed by atoms with Crippen molar-refractivity contribution in [2.45, 2.75) is 16.1 Å². The van der Waals surface area contributed by atoms with E-state index in [4.69, 9.17) is 10.8 Å². The van der Waals surface area contributed by atoms with Crippen molar-refractivity contribution >= 4 is 28.8 Å². The highest BCUT2D eigenvalue weighted by atomic mass is 32.2. The van der Waals surface area contributed by atoms with Crippen molar-refractivity contribution in [3.05, 3.63) is 54.1 Å². The quantitative estimate of drug-likeness (QED) is 0.549.